The number of allylic oxidation sites excluding steroid dienone is 2. The molecule has 0 bridgehead atoms. The van der Waals surface area contributed by atoms with Crippen LogP contribution in [0.1, 0.15) is 41.2 Å². The summed E-state index contributed by atoms with van der Waals surface area (Å²) in [5.74, 6) is -1.99. The molecule has 1 atom stereocenters. The highest BCUT2D eigenvalue weighted by Crippen LogP contribution is 2.41. The fraction of sp³-hybridized carbons (Fsp3) is 0.174. The Balaban J connectivity index is 1.60. The third-order valence-corrected chi connectivity index (χ3v) is 5.57. The first-order valence-electron chi connectivity index (χ1n) is 9.95. The molecule has 2 N–H and O–H groups in total. The van der Waals surface area contributed by atoms with Crippen LogP contribution in [0.15, 0.2) is 66.0 Å². The van der Waals surface area contributed by atoms with E-state index in [-0.39, 0.29) is 11.7 Å². The highest BCUT2D eigenvalue weighted by molar-refractivity contribution is 6.08. The summed E-state index contributed by atoms with van der Waals surface area (Å²) in [5, 5.41) is 10.4. The molecule has 0 saturated carbocycles. The van der Waals surface area contributed by atoms with E-state index in [0.29, 0.717) is 53.2 Å². The van der Waals surface area contributed by atoms with Gasteiger partial charge >= 0.3 is 0 Å². The van der Waals surface area contributed by atoms with Gasteiger partial charge in [-0.15, -0.1) is 0 Å². The van der Waals surface area contributed by atoms with Crippen LogP contribution in [0.25, 0.3) is 0 Å². The molecule has 1 aliphatic carbocycles. The Morgan fingerprint density at radius 3 is 2.68 bits per heavy atom. The molecule has 0 saturated heterocycles. The summed E-state index contributed by atoms with van der Waals surface area (Å²) in [6.07, 6.45) is 3.08. The number of para-hydroxylation sites is 1. The van der Waals surface area contributed by atoms with Gasteiger partial charge < -0.3 is 10.6 Å². The molecule has 0 radical (unpaired) electrons. The maximum Gasteiger partial charge on any atom is 0.261 e. The smallest absolute Gasteiger partial charge is 0.261 e. The lowest BCUT2D eigenvalue weighted by molar-refractivity contribution is -0.116. The van der Waals surface area contributed by atoms with E-state index in [1.807, 2.05) is 18.2 Å². The van der Waals surface area contributed by atoms with Crippen LogP contribution in [-0.2, 0) is 4.79 Å². The number of hydrogen-bond acceptors (Lipinski definition) is 4. The number of aromatic nitrogens is 2. The van der Waals surface area contributed by atoms with Crippen LogP contribution in [0.4, 0.5) is 20.3 Å². The van der Waals surface area contributed by atoms with Crippen LogP contribution in [0.5, 0.6) is 0 Å². The molecule has 156 valence electrons. The van der Waals surface area contributed by atoms with Crippen molar-refractivity contribution in [1.29, 1.82) is 0 Å². The number of halogens is 2. The molecule has 0 unspecified atom stereocenters. The number of carbonyl (C=O) groups excluding carboxylic acids is 2. The number of rotatable bonds is 3. The average molecular weight is 420 g/mol. The van der Waals surface area contributed by atoms with Gasteiger partial charge in [-0.25, -0.2) is 13.5 Å². The third kappa shape index (κ3) is 3.30. The van der Waals surface area contributed by atoms with E-state index in [9.17, 15) is 18.4 Å². The number of fused-ring (bicyclic) bond motifs is 1. The van der Waals surface area contributed by atoms with E-state index in [4.69, 9.17) is 0 Å². The van der Waals surface area contributed by atoms with E-state index >= 15 is 0 Å². The Morgan fingerprint density at radius 1 is 1.10 bits per heavy atom. The van der Waals surface area contributed by atoms with Gasteiger partial charge in [-0.1, -0.05) is 24.3 Å². The van der Waals surface area contributed by atoms with E-state index in [2.05, 4.69) is 15.7 Å². The van der Waals surface area contributed by atoms with Crippen molar-refractivity contribution in [3.8, 4) is 0 Å². The summed E-state index contributed by atoms with van der Waals surface area (Å²) in [4.78, 5) is 25.7. The topological polar surface area (TPSA) is 76.0 Å². The van der Waals surface area contributed by atoms with E-state index in [1.54, 1.807) is 12.1 Å². The van der Waals surface area contributed by atoms with Crippen molar-refractivity contribution in [1.82, 2.24) is 9.78 Å². The van der Waals surface area contributed by atoms with Gasteiger partial charge in [-0.2, -0.15) is 5.10 Å². The number of ketones is 1. The molecule has 0 fully saturated rings. The molecule has 5 rings (SSSR count). The summed E-state index contributed by atoms with van der Waals surface area (Å²) >= 11 is 0. The summed E-state index contributed by atoms with van der Waals surface area (Å²) in [6.45, 7) is 0. The lowest BCUT2D eigenvalue weighted by atomic mass is 9.85. The lowest BCUT2D eigenvalue weighted by Gasteiger charge is -2.33. The monoisotopic (exact) mass is 420 g/mol. The number of amides is 1. The van der Waals surface area contributed by atoms with Crippen molar-refractivity contribution in [3.63, 3.8) is 0 Å². The van der Waals surface area contributed by atoms with Crippen molar-refractivity contribution in [2.75, 3.05) is 10.6 Å². The number of nitrogens with one attached hydrogen (secondary N) is 2. The molecule has 3 aromatic rings. The van der Waals surface area contributed by atoms with E-state index < -0.39 is 17.7 Å². The largest absolute Gasteiger partial charge is 0.343 e. The number of Topliss-reactive ketones (excluding diaryl/α,β-unsaturated/α-hetero) is 1. The Bertz CT molecular complexity index is 1230. The van der Waals surface area contributed by atoms with Crippen molar-refractivity contribution < 1.29 is 18.4 Å². The van der Waals surface area contributed by atoms with E-state index in [1.165, 1.54) is 16.9 Å². The summed E-state index contributed by atoms with van der Waals surface area (Å²) < 4.78 is 29.1. The molecule has 1 aliphatic heterocycles. The van der Waals surface area contributed by atoms with Gasteiger partial charge in [0, 0.05) is 23.4 Å². The van der Waals surface area contributed by atoms with Crippen molar-refractivity contribution in [2.24, 2.45) is 0 Å². The molecule has 31 heavy (non-hydrogen) atoms. The molecule has 2 heterocycles. The summed E-state index contributed by atoms with van der Waals surface area (Å²) in [6, 6.07) is 11.8. The predicted molar refractivity (Wildman–Crippen MR) is 111 cm³/mol. The highest BCUT2D eigenvalue weighted by atomic mass is 19.2. The number of carbonyl (C=O) groups is 2. The van der Waals surface area contributed by atoms with Gasteiger partial charge in [0.15, 0.2) is 17.4 Å². The van der Waals surface area contributed by atoms with Crippen LogP contribution >= 0.6 is 0 Å². The van der Waals surface area contributed by atoms with Gasteiger partial charge in [0.25, 0.3) is 5.91 Å². The minimum absolute atomic E-state index is 0.0695. The molecule has 1 amide bonds. The van der Waals surface area contributed by atoms with Crippen LogP contribution < -0.4 is 10.6 Å². The third-order valence-electron chi connectivity index (χ3n) is 5.57. The molecule has 1 aromatic heterocycles. The van der Waals surface area contributed by atoms with Gasteiger partial charge in [-0.05, 0) is 42.7 Å². The quantitative estimate of drug-likeness (QED) is 0.657. The second-order valence-corrected chi connectivity index (χ2v) is 7.54. The van der Waals surface area contributed by atoms with Crippen molar-refractivity contribution >= 4 is 23.2 Å². The van der Waals surface area contributed by atoms with Crippen LogP contribution in [-0.4, -0.2) is 21.5 Å². The Hall–Kier alpha value is -3.81. The Kier molecular flexibility index (Phi) is 4.62. The number of benzene rings is 2. The second-order valence-electron chi connectivity index (χ2n) is 7.54. The normalized spacial score (nSPS) is 17.6. The first kappa shape index (κ1) is 19.2. The zero-order chi connectivity index (χ0) is 21.5. The van der Waals surface area contributed by atoms with Gasteiger partial charge in [0.05, 0.1) is 6.20 Å². The van der Waals surface area contributed by atoms with Gasteiger partial charge in [0.2, 0.25) is 0 Å². The van der Waals surface area contributed by atoms with Crippen LogP contribution in [0.2, 0.25) is 0 Å². The SMILES string of the molecule is O=C1CCCC2=C1[C@H](c1ccc(F)c(F)c1)n1ncc(C(=O)Nc3ccccc3)c1N2. The van der Waals surface area contributed by atoms with Crippen molar-refractivity contribution in [2.45, 2.75) is 25.3 Å². The molecule has 6 nitrogen and oxygen atoms in total. The molecule has 2 aliphatic rings. The molecule has 8 heteroatoms. The zero-order valence-electron chi connectivity index (χ0n) is 16.4. The van der Waals surface area contributed by atoms with Gasteiger partial charge in [0.1, 0.15) is 17.4 Å². The highest BCUT2D eigenvalue weighted by Gasteiger charge is 2.37. The molecule has 0 spiro atoms. The standard InChI is InChI=1S/C23H18F2N4O2/c24-16-10-9-13(11-17(16)25)21-20-18(7-4-8-19(20)30)28-22-15(12-26-29(21)22)23(31)27-14-5-2-1-3-6-14/h1-3,5-6,9-12,21,28H,4,7-8H2,(H,27,31)/t21-/m0/s1. The lowest BCUT2D eigenvalue weighted by Crippen LogP contribution is -2.32. The molecular weight excluding hydrogens is 402 g/mol. The first-order chi connectivity index (χ1) is 15.0. The zero-order valence-corrected chi connectivity index (χ0v) is 16.4. The number of hydrogen-bond donors (Lipinski definition) is 2. The van der Waals surface area contributed by atoms with Crippen LogP contribution in [0, 0.1) is 11.6 Å². The average Bonchev–Trinajstić information content (AvgIpc) is 3.19. The second kappa shape index (κ2) is 7.46. The fourth-order valence-electron chi connectivity index (χ4n) is 4.13. The number of anilines is 2. The molecular formula is C23H18F2N4O2. The number of nitrogens with zero attached hydrogens (tertiary/aromatic N) is 2. The Labute approximate surface area is 176 Å². The van der Waals surface area contributed by atoms with E-state index in [0.717, 1.165) is 12.1 Å². The molecule has 2 aromatic carbocycles. The van der Waals surface area contributed by atoms with Crippen molar-refractivity contribution in [3.05, 3.63) is 88.8 Å². The minimum atomic E-state index is -1.00. The minimum Gasteiger partial charge on any atom is -0.343 e. The predicted octanol–water partition coefficient (Wildman–Crippen LogP) is 4.44. The van der Waals surface area contributed by atoms with Gasteiger partial charge in [-0.3, -0.25) is 9.59 Å². The fourth-order valence-corrected chi connectivity index (χ4v) is 4.13. The maximum absolute atomic E-state index is 14.0. The maximum atomic E-state index is 14.0. The summed E-state index contributed by atoms with van der Waals surface area (Å²) in [5.41, 5.74) is 2.48. The van der Waals surface area contributed by atoms with Crippen LogP contribution in [0.3, 0.4) is 0 Å². The Morgan fingerprint density at radius 2 is 1.90 bits per heavy atom. The first-order valence-corrected chi connectivity index (χ1v) is 9.95. The summed E-state index contributed by atoms with van der Waals surface area (Å²) in [7, 11) is 0.